The normalized spacial score (nSPS) is 17.6. The Bertz CT molecular complexity index is 824. The molecule has 0 aliphatic carbocycles. The molecule has 0 radical (unpaired) electrons. The van der Waals surface area contributed by atoms with E-state index in [1.54, 1.807) is 0 Å². The Hall–Kier alpha value is -2.21. The summed E-state index contributed by atoms with van der Waals surface area (Å²) < 4.78 is 15.1. The highest BCUT2D eigenvalue weighted by atomic mass is 19.1. The van der Waals surface area contributed by atoms with Gasteiger partial charge in [-0.1, -0.05) is 19.1 Å². The lowest BCUT2D eigenvalue weighted by atomic mass is 10.0. The number of nitrogens with zero attached hydrogens (tertiary/aromatic N) is 4. The summed E-state index contributed by atoms with van der Waals surface area (Å²) in [6.07, 6.45) is 5.20. The number of fused-ring (bicyclic) bond motifs is 1. The molecule has 150 valence electrons. The molecular formula is C22H29FN4O. The molecule has 0 atom stereocenters. The van der Waals surface area contributed by atoms with Crippen molar-refractivity contribution >= 4 is 5.91 Å². The van der Waals surface area contributed by atoms with E-state index in [0.717, 1.165) is 87.5 Å². The smallest absolute Gasteiger partial charge is 0.272 e. The summed E-state index contributed by atoms with van der Waals surface area (Å²) >= 11 is 0. The van der Waals surface area contributed by atoms with Crippen LogP contribution in [0.4, 0.5) is 4.39 Å². The number of halogens is 1. The van der Waals surface area contributed by atoms with Crippen LogP contribution in [0, 0.1) is 5.82 Å². The molecule has 0 N–H and O–H groups in total. The Morgan fingerprint density at radius 2 is 1.86 bits per heavy atom. The first-order valence-electron chi connectivity index (χ1n) is 10.5. The average Bonchev–Trinajstić information content (AvgIpc) is 3.07. The van der Waals surface area contributed by atoms with Gasteiger partial charge in [0.05, 0.1) is 5.69 Å². The zero-order valence-electron chi connectivity index (χ0n) is 16.7. The van der Waals surface area contributed by atoms with Crippen LogP contribution in [0.3, 0.4) is 0 Å². The fourth-order valence-electron chi connectivity index (χ4n) is 4.33. The van der Waals surface area contributed by atoms with Crippen LogP contribution in [0.2, 0.25) is 0 Å². The van der Waals surface area contributed by atoms with E-state index < -0.39 is 0 Å². The number of rotatable bonds is 5. The molecule has 1 aromatic heterocycles. The van der Waals surface area contributed by atoms with Gasteiger partial charge in [0, 0.05) is 51.3 Å². The van der Waals surface area contributed by atoms with Gasteiger partial charge in [-0.15, -0.1) is 0 Å². The largest absolute Gasteiger partial charge is 0.337 e. The molecule has 1 saturated heterocycles. The maximum atomic E-state index is 13.3. The lowest BCUT2D eigenvalue weighted by Crippen LogP contribution is -2.38. The first-order valence-corrected chi connectivity index (χ1v) is 10.5. The monoisotopic (exact) mass is 384 g/mol. The van der Waals surface area contributed by atoms with Crippen molar-refractivity contribution < 1.29 is 9.18 Å². The van der Waals surface area contributed by atoms with Gasteiger partial charge in [-0.25, -0.2) is 4.39 Å². The summed E-state index contributed by atoms with van der Waals surface area (Å²) in [6, 6.07) is 6.70. The predicted molar refractivity (Wildman–Crippen MR) is 106 cm³/mol. The van der Waals surface area contributed by atoms with Gasteiger partial charge in [0.25, 0.3) is 5.91 Å². The maximum Gasteiger partial charge on any atom is 0.272 e. The number of carbonyl (C=O) groups excluding carboxylic acids is 1. The lowest BCUT2D eigenvalue weighted by Gasteiger charge is -2.29. The van der Waals surface area contributed by atoms with Crippen molar-refractivity contribution in [2.45, 2.75) is 58.7 Å². The fraction of sp³-hybridized carbons (Fsp3) is 0.545. The predicted octanol–water partition coefficient (Wildman–Crippen LogP) is 3.62. The summed E-state index contributed by atoms with van der Waals surface area (Å²) in [7, 11) is 0. The highest BCUT2D eigenvalue weighted by molar-refractivity contribution is 5.94. The first kappa shape index (κ1) is 19.1. The number of benzene rings is 1. The van der Waals surface area contributed by atoms with Gasteiger partial charge in [-0.3, -0.25) is 14.4 Å². The van der Waals surface area contributed by atoms with E-state index in [0.29, 0.717) is 0 Å². The molecule has 4 rings (SSSR count). The van der Waals surface area contributed by atoms with Crippen molar-refractivity contribution in [1.82, 2.24) is 19.6 Å². The lowest BCUT2D eigenvalue weighted by molar-refractivity contribution is 0.0708. The van der Waals surface area contributed by atoms with Crippen LogP contribution in [-0.4, -0.2) is 45.1 Å². The van der Waals surface area contributed by atoms with Crippen molar-refractivity contribution in [2.24, 2.45) is 0 Å². The summed E-state index contributed by atoms with van der Waals surface area (Å²) in [5, 5.41) is 4.80. The minimum atomic E-state index is -0.208. The van der Waals surface area contributed by atoms with Crippen LogP contribution in [0.15, 0.2) is 24.3 Å². The average molecular weight is 384 g/mol. The number of aromatic nitrogens is 2. The van der Waals surface area contributed by atoms with Crippen LogP contribution >= 0.6 is 0 Å². The third kappa shape index (κ3) is 3.97. The Labute approximate surface area is 166 Å². The molecule has 0 bridgehead atoms. The SMILES string of the molecule is CCCn1nc2c(c1C(=O)N1CCCCC1)CN(Cc1ccc(F)cc1)CC2. The third-order valence-electron chi connectivity index (χ3n) is 5.78. The number of carbonyl (C=O) groups is 1. The van der Waals surface area contributed by atoms with Gasteiger partial charge in [0.15, 0.2) is 0 Å². The molecule has 2 aromatic rings. The molecule has 0 saturated carbocycles. The summed E-state index contributed by atoms with van der Waals surface area (Å²) in [5.41, 5.74) is 4.05. The van der Waals surface area contributed by atoms with E-state index in [-0.39, 0.29) is 11.7 Å². The molecule has 0 spiro atoms. The Morgan fingerprint density at radius 1 is 1.11 bits per heavy atom. The minimum Gasteiger partial charge on any atom is -0.337 e. The molecule has 1 amide bonds. The molecule has 1 fully saturated rings. The highest BCUT2D eigenvalue weighted by Gasteiger charge is 2.31. The minimum absolute atomic E-state index is 0.144. The number of hydrogen-bond donors (Lipinski definition) is 0. The fourth-order valence-corrected chi connectivity index (χ4v) is 4.33. The molecule has 5 nitrogen and oxygen atoms in total. The first-order chi connectivity index (χ1) is 13.7. The van der Waals surface area contributed by atoms with Gasteiger partial charge < -0.3 is 4.90 Å². The highest BCUT2D eigenvalue weighted by Crippen LogP contribution is 2.26. The molecule has 2 aliphatic rings. The zero-order valence-corrected chi connectivity index (χ0v) is 16.7. The topological polar surface area (TPSA) is 41.4 Å². The second-order valence-corrected chi connectivity index (χ2v) is 7.94. The second-order valence-electron chi connectivity index (χ2n) is 7.94. The summed E-state index contributed by atoms with van der Waals surface area (Å²) in [6.45, 7) is 7.00. The third-order valence-corrected chi connectivity index (χ3v) is 5.78. The van der Waals surface area contributed by atoms with Crippen LogP contribution in [0.5, 0.6) is 0 Å². The standard InChI is InChI=1S/C22H29FN4O/c1-2-11-27-21(22(28)26-12-4-3-5-13-26)19-16-25(14-10-20(19)24-27)15-17-6-8-18(23)9-7-17/h6-9H,2-5,10-16H2,1H3. The number of likely N-dealkylation sites (tertiary alicyclic amines) is 1. The van der Waals surface area contributed by atoms with Crippen molar-refractivity contribution in [1.29, 1.82) is 0 Å². The van der Waals surface area contributed by atoms with Crippen LogP contribution in [0.25, 0.3) is 0 Å². The summed E-state index contributed by atoms with van der Waals surface area (Å²) in [4.78, 5) is 17.7. The molecule has 1 aromatic carbocycles. The number of piperidine rings is 1. The van der Waals surface area contributed by atoms with Gasteiger partial charge in [0.2, 0.25) is 0 Å². The molecule has 6 heteroatoms. The second kappa shape index (κ2) is 8.43. The molecule has 28 heavy (non-hydrogen) atoms. The zero-order chi connectivity index (χ0) is 19.5. The van der Waals surface area contributed by atoms with Gasteiger partial charge in [-0.2, -0.15) is 5.10 Å². The van der Waals surface area contributed by atoms with E-state index >= 15 is 0 Å². The Morgan fingerprint density at radius 3 is 2.57 bits per heavy atom. The van der Waals surface area contributed by atoms with E-state index in [4.69, 9.17) is 5.10 Å². The van der Waals surface area contributed by atoms with Crippen molar-refractivity contribution in [3.8, 4) is 0 Å². The van der Waals surface area contributed by atoms with E-state index in [2.05, 4.69) is 11.8 Å². The number of hydrogen-bond acceptors (Lipinski definition) is 3. The molecule has 2 aliphatic heterocycles. The molecule has 3 heterocycles. The van der Waals surface area contributed by atoms with Crippen LogP contribution < -0.4 is 0 Å². The van der Waals surface area contributed by atoms with E-state index in [1.807, 2.05) is 21.7 Å². The number of aryl methyl sites for hydroxylation is 1. The van der Waals surface area contributed by atoms with Crippen molar-refractivity contribution in [3.63, 3.8) is 0 Å². The van der Waals surface area contributed by atoms with Gasteiger partial charge in [0.1, 0.15) is 11.5 Å². The Kier molecular flexibility index (Phi) is 5.76. The van der Waals surface area contributed by atoms with Gasteiger partial charge in [-0.05, 0) is 43.4 Å². The van der Waals surface area contributed by atoms with Crippen molar-refractivity contribution in [3.05, 3.63) is 52.6 Å². The van der Waals surface area contributed by atoms with E-state index in [1.165, 1.54) is 18.6 Å². The maximum absolute atomic E-state index is 13.3. The van der Waals surface area contributed by atoms with Crippen LogP contribution in [0.1, 0.15) is 59.9 Å². The van der Waals surface area contributed by atoms with Crippen molar-refractivity contribution in [2.75, 3.05) is 19.6 Å². The van der Waals surface area contributed by atoms with Gasteiger partial charge >= 0.3 is 0 Å². The van der Waals surface area contributed by atoms with Crippen LogP contribution in [-0.2, 0) is 26.1 Å². The number of amides is 1. The molecular weight excluding hydrogens is 355 g/mol. The quantitative estimate of drug-likeness (QED) is 0.791. The molecule has 0 unspecified atom stereocenters. The summed E-state index contributed by atoms with van der Waals surface area (Å²) in [5.74, 6) is -0.0644. The van der Waals surface area contributed by atoms with E-state index in [9.17, 15) is 9.18 Å². The Balaban J connectivity index is 1.58.